The highest BCUT2D eigenvalue weighted by Crippen LogP contribution is 2.21. The summed E-state index contributed by atoms with van der Waals surface area (Å²) in [5.41, 5.74) is 2.34. The molecule has 2 aromatic rings. The van der Waals surface area contributed by atoms with E-state index in [1.54, 1.807) is 6.33 Å². The van der Waals surface area contributed by atoms with Crippen LogP contribution < -0.4 is 0 Å². The van der Waals surface area contributed by atoms with Crippen molar-refractivity contribution in [2.24, 2.45) is 0 Å². The fourth-order valence-corrected chi connectivity index (χ4v) is 2.04. The van der Waals surface area contributed by atoms with Crippen LogP contribution in [0.4, 0.5) is 0 Å². The van der Waals surface area contributed by atoms with Gasteiger partial charge in [-0.15, -0.1) is 0 Å². The average molecular weight is 316 g/mol. The first-order valence-corrected chi connectivity index (χ1v) is 5.77. The van der Waals surface area contributed by atoms with Crippen LogP contribution in [0.3, 0.4) is 0 Å². The van der Waals surface area contributed by atoms with Gasteiger partial charge in [0.05, 0.1) is 12.0 Å². The molecule has 0 aliphatic heterocycles. The van der Waals surface area contributed by atoms with Gasteiger partial charge in [0.25, 0.3) is 0 Å². The van der Waals surface area contributed by atoms with E-state index in [0.29, 0.717) is 0 Å². The molecule has 2 nitrogen and oxygen atoms in total. The van der Waals surface area contributed by atoms with Gasteiger partial charge in [0.15, 0.2) is 0 Å². The van der Waals surface area contributed by atoms with Crippen LogP contribution in [0.5, 0.6) is 0 Å². The Morgan fingerprint density at radius 3 is 2.64 bits per heavy atom. The molecule has 0 aliphatic carbocycles. The summed E-state index contributed by atoms with van der Waals surface area (Å²) in [5, 5.41) is 0. The number of H-pyrrole nitrogens is 1. The summed E-state index contributed by atoms with van der Waals surface area (Å²) in [5.74, 6) is 0. The smallest absolute Gasteiger partial charge is 0.127 e. The number of nitrogens with zero attached hydrogens (tertiary/aromatic N) is 1. The fraction of sp³-hybridized carbons (Fsp3) is 0.100. The van der Waals surface area contributed by atoms with Crippen LogP contribution in [0.2, 0.25) is 0 Å². The molecular weight excluding hydrogens is 308 g/mol. The minimum absolute atomic E-state index is 0.849. The van der Waals surface area contributed by atoms with Gasteiger partial charge >= 0.3 is 0 Å². The minimum atomic E-state index is 0.849. The van der Waals surface area contributed by atoms with Crippen LogP contribution in [0.25, 0.3) is 0 Å². The van der Waals surface area contributed by atoms with Crippen molar-refractivity contribution in [2.45, 2.75) is 6.42 Å². The number of benzene rings is 1. The Balaban J connectivity index is 2.28. The van der Waals surface area contributed by atoms with Crippen LogP contribution in [0.1, 0.15) is 11.3 Å². The molecule has 0 amide bonds. The summed E-state index contributed by atoms with van der Waals surface area (Å²) in [7, 11) is 0. The summed E-state index contributed by atoms with van der Waals surface area (Å²) < 4.78 is 2.01. The maximum absolute atomic E-state index is 4.09. The molecule has 0 bridgehead atoms. The maximum atomic E-state index is 4.09. The van der Waals surface area contributed by atoms with E-state index in [0.717, 1.165) is 21.2 Å². The number of hydrogen-bond donors (Lipinski definition) is 1. The number of aromatic amines is 1. The molecule has 4 heteroatoms. The standard InChI is InChI=1S/C10H8Br2N2/c11-8-4-2-1-3-7(8)5-9-10(12)14-6-13-9/h1-4,6H,5H2,(H,13,14). The lowest BCUT2D eigenvalue weighted by molar-refractivity contribution is 1.09. The molecule has 72 valence electrons. The van der Waals surface area contributed by atoms with Crippen molar-refractivity contribution in [3.05, 3.63) is 50.9 Å². The molecule has 1 aromatic carbocycles. The Hall–Kier alpha value is -0.610. The third-order valence-corrected chi connectivity index (χ3v) is 3.45. The van der Waals surface area contributed by atoms with E-state index in [4.69, 9.17) is 0 Å². The van der Waals surface area contributed by atoms with Gasteiger partial charge in [-0.2, -0.15) is 0 Å². The van der Waals surface area contributed by atoms with E-state index in [-0.39, 0.29) is 0 Å². The Labute approximate surface area is 99.0 Å². The van der Waals surface area contributed by atoms with Crippen LogP contribution >= 0.6 is 31.9 Å². The maximum Gasteiger partial charge on any atom is 0.127 e. The van der Waals surface area contributed by atoms with E-state index < -0.39 is 0 Å². The molecule has 0 fully saturated rings. The van der Waals surface area contributed by atoms with Gasteiger partial charge in [-0.25, -0.2) is 4.98 Å². The van der Waals surface area contributed by atoms with Crippen molar-refractivity contribution in [3.8, 4) is 0 Å². The molecule has 14 heavy (non-hydrogen) atoms. The number of hydrogen-bond acceptors (Lipinski definition) is 1. The molecular formula is C10H8Br2N2. The van der Waals surface area contributed by atoms with Gasteiger partial charge in [-0.3, -0.25) is 0 Å². The quantitative estimate of drug-likeness (QED) is 0.902. The van der Waals surface area contributed by atoms with Crippen molar-refractivity contribution in [1.29, 1.82) is 0 Å². The van der Waals surface area contributed by atoms with Gasteiger partial charge in [0, 0.05) is 10.9 Å². The lowest BCUT2D eigenvalue weighted by Gasteiger charge is -2.02. The van der Waals surface area contributed by atoms with Crippen LogP contribution in [-0.2, 0) is 6.42 Å². The third kappa shape index (κ3) is 2.07. The summed E-state index contributed by atoms with van der Waals surface area (Å²) in [6, 6.07) is 8.18. The van der Waals surface area contributed by atoms with Crippen molar-refractivity contribution >= 4 is 31.9 Å². The van der Waals surface area contributed by atoms with Gasteiger partial charge < -0.3 is 4.98 Å². The molecule has 1 heterocycles. The van der Waals surface area contributed by atoms with Crippen molar-refractivity contribution in [3.63, 3.8) is 0 Å². The highest BCUT2D eigenvalue weighted by molar-refractivity contribution is 9.10. The van der Waals surface area contributed by atoms with E-state index >= 15 is 0 Å². The van der Waals surface area contributed by atoms with Crippen LogP contribution in [-0.4, -0.2) is 9.97 Å². The summed E-state index contributed by atoms with van der Waals surface area (Å²) in [6.45, 7) is 0. The summed E-state index contributed by atoms with van der Waals surface area (Å²) in [4.78, 5) is 7.19. The second-order valence-corrected chi connectivity index (χ2v) is 4.55. The van der Waals surface area contributed by atoms with Crippen molar-refractivity contribution < 1.29 is 0 Å². The van der Waals surface area contributed by atoms with Gasteiger partial charge in [-0.1, -0.05) is 34.1 Å². The predicted molar refractivity (Wildman–Crippen MR) is 63.2 cm³/mol. The lowest BCUT2D eigenvalue weighted by atomic mass is 10.1. The van der Waals surface area contributed by atoms with Gasteiger partial charge in [0.1, 0.15) is 4.60 Å². The Kier molecular flexibility index (Phi) is 3.03. The SMILES string of the molecule is Brc1ccccc1Cc1[nH]cnc1Br. The van der Waals surface area contributed by atoms with E-state index in [2.05, 4.69) is 47.9 Å². The highest BCUT2D eigenvalue weighted by atomic mass is 79.9. The predicted octanol–water partition coefficient (Wildman–Crippen LogP) is 3.53. The van der Waals surface area contributed by atoms with Crippen molar-refractivity contribution in [2.75, 3.05) is 0 Å². The summed E-state index contributed by atoms with van der Waals surface area (Å²) in [6.07, 6.45) is 2.54. The molecule has 0 aliphatic rings. The Morgan fingerprint density at radius 1 is 1.21 bits per heavy atom. The molecule has 0 spiro atoms. The second-order valence-electron chi connectivity index (χ2n) is 2.94. The number of imidazole rings is 1. The molecule has 0 saturated heterocycles. The van der Waals surface area contributed by atoms with E-state index in [9.17, 15) is 0 Å². The second kappa shape index (κ2) is 4.28. The number of rotatable bonds is 2. The third-order valence-electron chi connectivity index (χ3n) is 1.99. The van der Waals surface area contributed by atoms with Crippen molar-refractivity contribution in [1.82, 2.24) is 9.97 Å². The Morgan fingerprint density at radius 2 is 2.00 bits per heavy atom. The lowest BCUT2D eigenvalue weighted by Crippen LogP contribution is -1.90. The van der Waals surface area contributed by atoms with E-state index in [1.165, 1.54) is 5.56 Å². The zero-order valence-corrected chi connectivity index (χ0v) is 10.5. The number of aromatic nitrogens is 2. The molecule has 0 radical (unpaired) electrons. The normalized spacial score (nSPS) is 10.4. The first-order chi connectivity index (χ1) is 6.77. The summed E-state index contributed by atoms with van der Waals surface area (Å²) >= 11 is 6.91. The fourth-order valence-electron chi connectivity index (χ4n) is 1.26. The first kappa shape index (κ1) is 9.93. The van der Waals surface area contributed by atoms with E-state index in [1.807, 2.05) is 18.2 Å². The molecule has 0 unspecified atom stereocenters. The monoisotopic (exact) mass is 314 g/mol. The largest absolute Gasteiger partial charge is 0.347 e. The molecule has 2 rings (SSSR count). The van der Waals surface area contributed by atoms with Gasteiger partial charge in [0.2, 0.25) is 0 Å². The topological polar surface area (TPSA) is 28.7 Å². The van der Waals surface area contributed by atoms with Crippen LogP contribution in [0, 0.1) is 0 Å². The molecule has 1 N–H and O–H groups in total. The molecule has 1 aromatic heterocycles. The van der Waals surface area contributed by atoms with Crippen LogP contribution in [0.15, 0.2) is 39.7 Å². The minimum Gasteiger partial charge on any atom is -0.347 e. The molecule has 0 atom stereocenters. The molecule has 0 saturated carbocycles. The first-order valence-electron chi connectivity index (χ1n) is 4.18. The number of nitrogens with one attached hydrogen (secondary N) is 1. The van der Waals surface area contributed by atoms with Gasteiger partial charge in [-0.05, 0) is 27.6 Å². The Bertz CT molecular complexity index is 437. The zero-order chi connectivity index (χ0) is 9.97. The zero-order valence-electron chi connectivity index (χ0n) is 7.30. The highest BCUT2D eigenvalue weighted by Gasteiger charge is 2.05. The average Bonchev–Trinajstić information content (AvgIpc) is 2.56. The number of halogens is 2.